The molecule has 0 saturated carbocycles. The van der Waals surface area contributed by atoms with Crippen molar-refractivity contribution in [2.45, 2.75) is 6.43 Å². The lowest BCUT2D eigenvalue weighted by molar-refractivity contribution is 0.151. The molecule has 0 amide bonds. The maximum Gasteiger partial charge on any atom is 0.263 e. The van der Waals surface area contributed by atoms with Gasteiger partial charge in [-0.05, 0) is 12.1 Å². The predicted octanol–water partition coefficient (Wildman–Crippen LogP) is 3.68. The summed E-state index contributed by atoms with van der Waals surface area (Å²) in [7, 11) is 0. The summed E-state index contributed by atoms with van der Waals surface area (Å²) in [4.78, 5) is 0. The van der Waals surface area contributed by atoms with Crippen molar-refractivity contribution < 1.29 is 18.3 Å². The molecule has 0 saturated heterocycles. The number of alkyl halides is 2. The highest BCUT2D eigenvalue weighted by Gasteiger charge is 2.14. The Morgan fingerprint density at radius 3 is 2.64 bits per heavy atom. The molecule has 0 aliphatic carbocycles. The molecule has 14 heavy (non-hydrogen) atoms. The highest BCUT2D eigenvalue weighted by Crippen LogP contribution is 2.35. The Hall–Kier alpha value is -1.23. The van der Waals surface area contributed by atoms with Crippen molar-refractivity contribution in [2.24, 2.45) is 0 Å². The summed E-state index contributed by atoms with van der Waals surface area (Å²) >= 11 is 0.991. The summed E-state index contributed by atoms with van der Waals surface area (Å²) in [6.07, 6.45) is -2.73. The zero-order chi connectivity index (χ0) is 10.3. The normalized spacial score (nSPS) is 11.4. The van der Waals surface area contributed by atoms with Crippen molar-refractivity contribution in [3.8, 4) is 5.75 Å². The monoisotopic (exact) mass is 218 g/mol. The van der Waals surface area contributed by atoms with Gasteiger partial charge in [0.2, 0.25) is 0 Å². The van der Waals surface area contributed by atoms with Crippen LogP contribution in [0.2, 0.25) is 0 Å². The quantitative estimate of drug-likeness (QED) is 0.774. The van der Waals surface area contributed by atoms with Crippen LogP contribution in [0.5, 0.6) is 5.75 Å². The van der Waals surface area contributed by atoms with Crippen molar-refractivity contribution >= 4 is 21.4 Å². The molecule has 1 nitrogen and oxygen atoms in total. The van der Waals surface area contributed by atoms with Crippen molar-refractivity contribution in [2.75, 3.05) is 0 Å². The second kappa shape index (κ2) is 3.16. The van der Waals surface area contributed by atoms with Crippen LogP contribution in [-0.4, -0.2) is 5.11 Å². The van der Waals surface area contributed by atoms with E-state index >= 15 is 0 Å². The van der Waals surface area contributed by atoms with Crippen LogP contribution in [0.4, 0.5) is 13.2 Å². The Morgan fingerprint density at radius 2 is 2.00 bits per heavy atom. The average Bonchev–Trinajstić information content (AvgIpc) is 2.48. The maximum absolute atomic E-state index is 13.2. The molecule has 1 aromatic heterocycles. The standard InChI is InChI=1S/C9H5F3OS/c10-6-2-4(9(11)12)1-5-7(13)3-14-8(5)6/h1-3,9,13H. The summed E-state index contributed by atoms with van der Waals surface area (Å²) in [6.45, 7) is 0. The van der Waals surface area contributed by atoms with Crippen LogP contribution in [0, 0.1) is 5.82 Å². The summed E-state index contributed by atoms with van der Waals surface area (Å²) in [6, 6.07) is 1.90. The SMILES string of the molecule is Oc1csc2c(F)cc(C(F)F)cc12. The number of hydrogen-bond donors (Lipinski definition) is 1. The van der Waals surface area contributed by atoms with E-state index in [-0.39, 0.29) is 15.8 Å². The van der Waals surface area contributed by atoms with Gasteiger partial charge >= 0.3 is 0 Å². The van der Waals surface area contributed by atoms with E-state index in [1.165, 1.54) is 5.38 Å². The Bertz CT molecular complexity index is 478. The first-order valence-electron chi connectivity index (χ1n) is 3.77. The number of thiophene rings is 1. The molecule has 1 N–H and O–H groups in total. The molecule has 5 heteroatoms. The van der Waals surface area contributed by atoms with Gasteiger partial charge in [-0.1, -0.05) is 0 Å². The second-order valence-corrected chi connectivity index (χ2v) is 3.68. The molecule has 1 heterocycles. The lowest BCUT2D eigenvalue weighted by Gasteiger charge is -2.00. The summed E-state index contributed by atoms with van der Waals surface area (Å²) < 4.78 is 37.9. The van der Waals surface area contributed by atoms with Gasteiger partial charge in [0.1, 0.15) is 11.6 Å². The van der Waals surface area contributed by atoms with Crippen LogP contribution in [0.3, 0.4) is 0 Å². The third-order valence-corrected chi connectivity index (χ3v) is 2.87. The van der Waals surface area contributed by atoms with E-state index < -0.39 is 17.8 Å². The number of benzene rings is 1. The minimum atomic E-state index is -2.73. The first-order valence-corrected chi connectivity index (χ1v) is 4.65. The fourth-order valence-corrected chi connectivity index (χ4v) is 2.05. The zero-order valence-corrected chi connectivity index (χ0v) is 7.62. The smallest absolute Gasteiger partial charge is 0.263 e. The minimum absolute atomic E-state index is 0.144. The van der Waals surface area contributed by atoms with Crippen LogP contribution >= 0.6 is 11.3 Å². The number of hydrogen-bond acceptors (Lipinski definition) is 2. The molecule has 1 aromatic carbocycles. The molecule has 0 atom stereocenters. The Morgan fingerprint density at radius 1 is 1.29 bits per heavy atom. The first kappa shape index (κ1) is 9.33. The lowest BCUT2D eigenvalue weighted by atomic mass is 10.1. The van der Waals surface area contributed by atoms with Crippen molar-refractivity contribution in [3.05, 3.63) is 28.9 Å². The number of rotatable bonds is 1. The number of aromatic hydroxyl groups is 1. The van der Waals surface area contributed by atoms with Crippen LogP contribution in [0.15, 0.2) is 17.5 Å². The molecule has 0 fully saturated rings. The zero-order valence-electron chi connectivity index (χ0n) is 6.80. The van der Waals surface area contributed by atoms with Gasteiger partial charge in [0.15, 0.2) is 0 Å². The van der Waals surface area contributed by atoms with E-state index in [1.807, 2.05) is 0 Å². The molecular formula is C9H5F3OS. The van der Waals surface area contributed by atoms with Gasteiger partial charge in [-0.3, -0.25) is 0 Å². The van der Waals surface area contributed by atoms with Gasteiger partial charge in [-0.15, -0.1) is 11.3 Å². The average molecular weight is 218 g/mol. The second-order valence-electron chi connectivity index (χ2n) is 2.80. The Kier molecular flexibility index (Phi) is 2.11. The Labute approximate surface area is 81.4 Å². The van der Waals surface area contributed by atoms with Gasteiger partial charge in [-0.25, -0.2) is 13.2 Å². The number of fused-ring (bicyclic) bond motifs is 1. The van der Waals surface area contributed by atoms with Gasteiger partial charge < -0.3 is 5.11 Å². The van der Waals surface area contributed by atoms with E-state index in [0.717, 1.165) is 23.5 Å². The molecule has 0 unspecified atom stereocenters. The largest absolute Gasteiger partial charge is 0.506 e. The first-order chi connectivity index (χ1) is 6.59. The highest BCUT2D eigenvalue weighted by atomic mass is 32.1. The lowest BCUT2D eigenvalue weighted by Crippen LogP contribution is -1.85. The fraction of sp³-hybridized carbons (Fsp3) is 0.111. The van der Waals surface area contributed by atoms with E-state index in [0.29, 0.717) is 0 Å². The number of halogens is 3. The van der Waals surface area contributed by atoms with Crippen LogP contribution < -0.4 is 0 Å². The molecule has 0 radical (unpaired) electrons. The van der Waals surface area contributed by atoms with E-state index in [1.54, 1.807) is 0 Å². The van der Waals surface area contributed by atoms with E-state index in [9.17, 15) is 18.3 Å². The van der Waals surface area contributed by atoms with E-state index in [2.05, 4.69) is 0 Å². The molecule has 0 aliphatic rings. The molecule has 2 aromatic rings. The van der Waals surface area contributed by atoms with Crippen molar-refractivity contribution in [1.29, 1.82) is 0 Å². The molecule has 0 bridgehead atoms. The molecule has 0 spiro atoms. The summed E-state index contributed by atoms with van der Waals surface area (Å²) in [5.41, 5.74) is -0.413. The van der Waals surface area contributed by atoms with Crippen LogP contribution in [0.1, 0.15) is 12.0 Å². The molecular weight excluding hydrogens is 213 g/mol. The Balaban J connectivity index is 2.75. The topological polar surface area (TPSA) is 20.2 Å². The van der Waals surface area contributed by atoms with Crippen molar-refractivity contribution in [1.82, 2.24) is 0 Å². The van der Waals surface area contributed by atoms with Crippen LogP contribution in [-0.2, 0) is 0 Å². The molecule has 74 valence electrons. The maximum atomic E-state index is 13.2. The van der Waals surface area contributed by atoms with E-state index in [4.69, 9.17) is 0 Å². The molecule has 2 rings (SSSR count). The van der Waals surface area contributed by atoms with Gasteiger partial charge in [-0.2, -0.15) is 0 Å². The fourth-order valence-electron chi connectivity index (χ4n) is 1.23. The molecule has 0 aliphatic heterocycles. The predicted molar refractivity (Wildman–Crippen MR) is 48.4 cm³/mol. The van der Waals surface area contributed by atoms with Gasteiger partial charge in [0.25, 0.3) is 6.43 Å². The van der Waals surface area contributed by atoms with Gasteiger partial charge in [0.05, 0.1) is 4.70 Å². The minimum Gasteiger partial charge on any atom is -0.506 e. The third kappa shape index (κ3) is 1.33. The summed E-state index contributed by atoms with van der Waals surface area (Å²) in [5, 5.41) is 10.7. The van der Waals surface area contributed by atoms with Crippen molar-refractivity contribution in [3.63, 3.8) is 0 Å². The highest BCUT2D eigenvalue weighted by molar-refractivity contribution is 7.17. The third-order valence-electron chi connectivity index (χ3n) is 1.88. The van der Waals surface area contributed by atoms with Crippen LogP contribution in [0.25, 0.3) is 10.1 Å². The van der Waals surface area contributed by atoms with Gasteiger partial charge in [0, 0.05) is 16.3 Å². The summed E-state index contributed by atoms with van der Waals surface area (Å²) in [5.74, 6) is -0.880.